The molecule has 1 amide bonds. The SMILES string of the molecule is Cc1ccc(-c2nc3ccc(C(=O)OCC(=O)Nc4ccc(Cl)cc4)cc3[nH]2)cc1. The fraction of sp³-hybridized carbons (Fsp3) is 0.0870. The first kappa shape index (κ1) is 19.7. The first-order valence-electron chi connectivity index (χ1n) is 9.27. The standard InChI is InChI=1S/C23H18ClN3O3/c1-14-2-4-15(5-3-14)22-26-19-11-6-16(12-20(19)27-22)23(29)30-13-21(28)25-18-9-7-17(24)8-10-18/h2-12H,13H2,1H3,(H,25,28)(H,26,27). The number of benzene rings is 3. The van der Waals surface area contributed by atoms with Crippen molar-refractivity contribution in [3.8, 4) is 11.4 Å². The van der Waals surface area contributed by atoms with Gasteiger partial charge in [0, 0.05) is 16.3 Å². The zero-order valence-electron chi connectivity index (χ0n) is 16.1. The van der Waals surface area contributed by atoms with Gasteiger partial charge in [-0.2, -0.15) is 0 Å². The summed E-state index contributed by atoms with van der Waals surface area (Å²) in [5, 5.41) is 3.21. The van der Waals surface area contributed by atoms with Crippen LogP contribution in [0.1, 0.15) is 15.9 Å². The molecule has 150 valence electrons. The van der Waals surface area contributed by atoms with Crippen LogP contribution in [-0.2, 0) is 9.53 Å². The third-order valence-electron chi connectivity index (χ3n) is 4.50. The minimum Gasteiger partial charge on any atom is -0.452 e. The van der Waals surface area contributed by atoms with Crippen LogP contribution in [0.3, 0.4) is 0 Å². The van der Waals surface area contributed by atoms with Gasteiger partial charge in [0.05, 0.1) is 16.6 Å². The second-order valence-corrected chi connectivity index (χ2v) is 7.25. The summed E-state index contributed by atoms with van der Waals surface area (Å²) >= 11 is 5.81. The first-order valence-corrected chi connectivity index (χ1v) is 9.65. The second kappa shape index (κ2) is 8.39. The topological polar surface area (TPSA) is 84.1 Å². The lowest BCUT2D eigenvalue weighted by molar-refractivity contribution is -0.119. The molecule has 6 nitrogen and oxygen atoms in total. The minimum absolute atomic E-state index is 0.334. The number of carbonyl (C=O) groups is 2. The predicted molar refractivity (Wildman–Crippen MR) is 117 cm³/mol. The quantitative estimate of drug-likeness (QED) is 0.446. The second-order valence-electron chi connectivity index (χ2n) is 6.81. The summed E-state index contributed by atoms with van der Waals surface area (Å²) in [6.07, 6.45) is 0. The van der Waals surface area contributed by atoms with Gasteiger partial charge < -0.3 is 15.0 Å². The number of halogens is 1. The van der Waals surface area contributed by atoms with Gasteiger partial charge in [-0.25, -0.2) is 9.78 Å². The Morgan fingerprint density at radius 3 is 2.50 bits per heavy atom. The molecule has 7 heteroatoms. The van der Waals surface area contributed by atoms with Crippen molar-refractivity contribution in [3.05, 3.63) is 82.9 Å². The molecule has 1 heterocycles. The number of hydrogen-bond donors (Lipinski definition) is 2. The molecule has 0 aliphatic heterocycles. The van der Waals surface area contributed by atoms with Crippen molar-refractivity contribution in [2.75, 3.05) is 11.9 Å². The van der Waals surface area contributed by atoms with Crippen molar-refractivity contribution in [2.24, 2.45) is 0 Å². The molecule has 4 rings (SSSR count). The molecular weight excluding hydrogens is 402 g/mol. The summed E-state index contributed by atoms with van der Waals surface area (Å²) in [5.74, 6) is -0.303. The van der Waals surface area contributed by atoms with E-state index in [0.717, 1.165) is 16.9 Å². The van der Waals surface area contributed by atoms with Gasteiger partial charge in [-0.1, -0.05) is 41.4 Å². The maximum Gasteiger partial charge on any atom is 0.338 e. The van der Waals surface area contributed by atoms with E-state index < -0.39 is 18.5 Å². The Bertz CT molecular complexity index is 1210. The van der Waals surface area contributed by atoms with E-state index >= 15 is 0 Å². The van der Waals surface area contributed by atoms with E-state index in [2.05, 4.69) is 15.3 Å². The first-order chi connectivity index (χ1) is 14.5. The number of esters is 1. The third kappa shape index (κ3) is 4.50. The fourth-order valence-corrected chi connectivity index (χ4v) is 3.06. The summed E-state index contributed by atoms with van der Waals surface area (Å²) < 4.78 is 5.13. The number of rotatable bonds is 5. The molecule has 0 saturated heterocycles. The number of aromatic amines is 1. The average Bonchev–Trinajstić information content (AvgIpc) is 3.17. The highest BCUT2D eigenvalue weighted by Gasteiger charge is 2.13. The van der Waals surface area contributed by atoms with E-state index in [4.69, 9.17) is 16.3 Å². The van der Waals surface area contributed by atoms with Crippen molar-refractivity contribution < 1.29 is 14.3 Å². The van der Waals surface area contributed by atoms with Gasteiger partial charge in [0.2, 0.25) is 0 Å². The molecular formula is C23H18ClN3O3. The average molecular weight is 420 g/mol. The number of aryl methyl sites for hydroxylation is 1. The molecule has 2 N–H and O–H groups in total. The highest BCUT2D eigenvalue weighted by atomic mass is 35.5. The van der Waals surface area contributed by atoms with Crippen LogP contribution in [0, 0.1) is 6.92 Å². The van der Waals surface area contributed by atoms with Crippen molar-refractivity contribution in [3.63, 3.8) is 0 Å². The molecule has 0 radical (unpaired) electrons. The molecule has 0 aliphatic carbocycles. The maximum absolute atomic E-state index is 12.4. The van der Waals surface area contributed by atoms with Gasteiger partial charge in [-0.15, -0.1) is 0 Å². The summed E-state index contributed by atoms with van der Waals surface area (Å²) in [6, 6.07) is 19.7. The predicted octanol–water partition coefficient (Wildman–Crippen LogP) is 4.99. The number of hydrogen-bond acceptors (Lipinski definition) is 4. The van der Waals surface area contributed by atoms with E-state index in [-0.39, 0.29) is 0 Å². The lowest BCUT2D eigenvalue weighted by Crippen LogP contribution is -2.20. The molecule has 4 aromatic rings. The number of H-pyrrole nitrogens is 1. The fourth-order valence-electron chi connectivity index (χ4n) is 2.93. The number of ether oxygens (including phenoxy) is 1. The number of fused-ring (bicyclic) bond motifs is 1. The van der Waals surface area contributed by atoms with Gasteiger partial charge in [-0.3, -0.25) is 4.79 Å². The highest BCUT2D eigenvalue weighted by molar-refractivity contribution is 6.30. The van der Waals surface area contributed by atoms with Crippen LogP contribution in [0.5, 0.6) is 0 Å². The normalized spacial score (nSPS) is 10.7. The number of aromatic nitrogens is 2. The molecule has 0 bridgehead atoms. The van der Waals surface area contributed by atoms with Crippen LogP contribution in [0.2, 0.25) is 5.02 Å². The van der Waals surface area contributed by atoms with Crippen LogP contribution in [0.25, 0.3) is 22.4 Å². The maximum atomic E-state index is 12.4. The van der Waals surface area contributed by atoms with Crippen molar-refractivity contribution in [1.82, 2.24) is 9.97 Å². The molecule has 0 spiro atoms. The van der Waals surface area contributed by atoms with Gasteiger partial charge >= 0.3 is 5.97 Å². The summed E-state index contributed by atoms with van der Waals surface area (Å²) in [4.78, 5) is 32.1. The molecule has 1 aromatic heterocycles. The lowest BCUT2D eigenvalue weighted by atomic mass is 10.1. The zero-order valence-corrected chi connectivity index (χ0v) is 16.9. The Hall–Kier alpha value is -3.64. The van der Waals surface area contributed by atoms with Crippen LogP contribution in [0.4, 0.5) is 5.69 Å². The Balaban J connectivity index is 1.42. The number of amides is 1. The van der Waals surface area contributed by atoms with E-state index in [1.165, 1.54) is 5.56 Å². The molecule has 0 fully saturated rings. The molecule has 3 aromatic carbocycles. The summed E-state index contributed by atoms with van der Waals surface area (Å²) in [6.45, 7) is 1.63. The van der Waals surface area contributed by atoms with E-state index in [1.54, 1.807) is 42.5 Å². The molecule has 0 aliphatic rings. The van der Waals surface area contributed by atoms with Crippen LogP contribution < -0.4 is 5.32 Å². The third-order valence-corrected chi connectivity index (χ3v) is 4.76. The van der Waals surface area contributed by atoms with Crippen LogP contribution >= 0.6 is 11.6 Å². The molecule has 0 unspecified atom stereocenters. The smallest absolute Gasteiger partial charge is 0.338 e. The molecule has 30 heavy (non-hydrogen) atoms. The van der Waals surface area contributed by atoms with E-state index in [0.29, 0.717) is 21.8 Å². The largest absolute Gasteiger partial charge is 0.452 e. The van der Waals surface area contributed by atoms with Gasteiger partial charge in [-0.05, 0) is 49.4 Å². The van der Waals surface area contributed by atoms with Crippen molar-refractivity contribution >= 4 is 40.2 Å². The highest BCUT2D eigenvalue weighted by Crippen LogP contribution is 2.22. The Morgan fingerprint density at radius 1 is 1.03 bits per heavy atom. The van der Waals surface area contributed by atoms with Crippen LogP contribution in [0.15, 0.2) is 66.7 Å². The van der Waals surface area contributed by atoms with E-state index in [1.807, 2.05) is 31.2 Å². The van der Waals surface area contributed by atoms with Crippen molar-refractivity contribution in [2.45, 2.75) is 6.92 Å². The number of nitrogens with one attached hydrogen (secondary N) is 2. The number of nitrogens with zero attached hydrogens (tertiary/aromatic N) is 1. The Kier molecular flexibility index (Phi) is 5.50. The molecule has 0 atom stereocenters. The van der Waals surface area contributed by atoms with Gasteiger partial charge in [0.15, 0.2) is 6.61 Å². The number of anilines is 1. The Morgan fingerprint density at radius 2 is 1.77 bits per heavy atom. The molecule has 0 saturated carbocycles. The van der Waals surface area contributed by atoms with Gasteiger partial charge in [0.1, 0.15) is 5.82 Å². The number of carbonyl (C=O) groups excluding carboxylic acids is 2. The minimum atomic E-state index is -0.588. The van der Waals surface area contributed by atoms with Crippen LogP contribution in [-0.4, -0.2) is 28.5 Å². The zero-order chi connectivity index (χ0) is 21.1. The monoisotopic (exact) mass is 419 g/mol. The lowest BCUT2D eigenvalue weighted by Gasteiger charge is -2.07. The summed E-state index contributed by atoms with van der Waals surface area (Å²) in [7, 11) is 0. The number of imidazole rings is 1. The summed E-state index contributed by atoms with van der Waals surface area (Å²) in [5.41, 5.74) is 4.48. The van der Waals surface area contributed by atoms with Crippen molar-refractivity contribution in [1.29, 1.82) is 0 Å². The van der Waals surface area contributed by atoms with E-state index in [9.17, 15) is 9.59 Å². The Labute approximate surface area is 177 Å². The van der Waals surface area contributed by atoms with Gasteiger partial charge in [0.25, 0.3) is 5.91 Å².